The molecule has 0 saturated carbocycles. The molecule has 140 valence electrons. The van der Waals surface area contributed by atoms with Gasteiger partial charge < -0.3 is 0 Å². The number of likely N-dealkylation sites (tertiary alicyclic amines) is 1. The number of rotatable bonds is 2. The van der Waals surface area contributed by atoms with E-state index in [0.29, 0.717) is 5.54 Å². The highest BCUT2D eigenvalue weighted by Crippen LogP contribution is 2.29. The van der Waals surface area contributed by atoms with Crippen molar-refractivity contribution in [1.82, 2.24) is 9.80 Å². The lowest BCUT2D eigenvalue weighted by atomic mass is 9.84. The first-order valence-corrected chi connectivity index (χ1v) is 10.2. The first-order chi connectivity index (χ1) is 11.6. The van der Waals surface area contributed by atoms with Gasteiger partial charge in [-0.1, -0.05) is 39.0 Å². The Kier molecular flexibility index (Phi) is 5.33. The summed E-state index contributed by atoms with van der Waals surface area (Å²) in [5.74, 6) is 0.881. The molecule has 0 unspecified atom stereocenters. The molecule has 2 aliphatic heterocycles. The van der Waals surface area contributed by atoms with Crippen LogP contribution in [0.2, 0.25) is 0 Å². The Balaban J connectivity index is 1.58. The van der Waals surface area contributed by atoms with Crippen LogP contribution in [0.4, 0.5) is 0 Å². The average Bonchev–Trinajstić information content (AvgIpc) is 2.53. The van der Waals surface area contributed by atoms with E-state index in [1.807, 2.05) is 0 Å². The zero-order valence-corrected chi connectivity index (χ0v) is 17.4. The van der Waals surface area contributed by atoms with E-state index in [0.717, 1.165) is 12.5 Å². The summed E-state index contributed by atoms with van der Waals surface area (Å²) in [6.45, 7) is 20.2. The van der Waals surface area contributed by atoms with E-state index < -0.39 is 0 Å². The molecule has 0 bridgehead atoms. The molecular weight excluding hydrogens is 304 g/mol. The van der Waals surface area contributed by atoms with Crippen LogP contribution in [0.3, 0.4) is 0 Å². The molecule has 0 amide bonds. The molecule has 1 aromatic carbocycles. The number of fused-ring (bicyclic) bond motifs is 1. The number of hydrogen-bond acceptors (Lipinski definition) is 2. The van der Waals surface area contributed by atoms with Crippen LogP contribution in [0.15, 0.2) is 18.2 Å². The number of piperidine rings is 1. The van der Waals surface area contributed by atoms with Crippen LogP contribution in [0.5, 0.6) is 0 Å². The Morgan fingerprint density at radius 1 is 0.920 bits per heavy atom. The van der Waals surface area contributed by atoms with Crippen molar-refractivity contribution >= 4 is 0 Å². The van der Waals surface area contributed by atoms with Crippen molar-refractivity contribution in [1.29, 1.82) is 0 Å². The Labute approximate surface area is 155 Å². The lowest BCUT2D eigenvalue weighted by molar-refractivity contribution is 0.0724. The van der Waals surface area contributed by atoms with Crippen molar-refractivity contribution in [3.05, 3.63) is 34.9 Å². The van der Waals surface area contributed by atoms with E-state index in [9.17, 15) is 0 Å². The van der Waals surface area contributed by atoms with Gasteiger partial charge in [0.2, 0.25) is 0 Å². The fraction of sp³-hybridized carbons (Fsp3) is 0.739. The van der Waals surface area contributed by atoms with Gasteiger partial charge in [0.25, 0.3) is 0 Å². The third-order valence-corrected chi connectivity index (χ3v) is 6.24. The maximum atomic E-state index is 2.71. The predicted octanol–water partition coefficient (Wildman–Crippen LogP) is 4.85. The van der Waals surface area contributed by atoms with Gasteiger partial charge in [0, 0.05) is 25.2 Å². The molecule has 2 aliphatic rings. The molecular formula is C23H38N2. The fourth-order valence-electron chi connectivity index (χ4n) is 4.39. The summed E-state index contributed by atoms with van der Waals surface area (Å²) in [5.41, 5.74) is 5.21. The minimum Gasteiger partial charge on any atom is -0.298 e. The van der Waals surface area contributed by atoms with Crippen LogP contribution in [0.25, 0.3) is 0 Å². The largest absolute Gasteiger partial charge is 0.298 e. The van der Waals surface area contributed by atoms with E-state index in [4.69, 9.17) is 0 Å². The highest BCUT2D eigenvalue weighted by molar-refractivity contribution is 5.36. The quantitative estimate of drug-likeness (QED) is 0.758. The Bertz CT molecular complexity index is 583. The smallest absolute Gasteiger partial charge is 0.0236 e. The average molecular weight is 343 g/mol. The molecule has 2 nitrogen and oxygen atoms in total. The van der Waals surface area contributed by atoms with Crippen molar-refractivity contribution in [2.75, 3.05) is 26.2 Å². The second-order valence-corrected chi connectivity index (χ2v) is 10.3. The van der Waals surface area contributed by atoms with Crippen molar-refractivity contribution < 1.29 is 0 Å². The minimum absolute atomic E-state index is 0.247. The standard InChI is InChI=1S/C23H38N2/c1-22(2,3)21-8-7-19-11-12-24(17-20(19)15-21)16-18-9-13-25(14-10-18)23(4,5)6/h7-8,15,18H,9-14,16-17H2,1-6H3. The summed E-state index contributed by atoms with van der Waals surface area (Å²) < 4.78 is 0. The fourth-order valence-corrected chi connectivity index (χ4v) is 4.39. The lowest BCUT2D eigenvalue weighted by Gasteiger charge is -2.42. The van der Waals surface area contributed by atoms with Gasteiger partial charge in [-0.05, 0) is 81.1 Å². The van der Waals surface area contributed by atoms with Gasteiger partial charge in [0.15, 0.2) is 0 Å². The van der Waals surface area contributed by atoms with Crippen LogP contribution >= 0.6 is 0 Å². The van der Waals surface area contributed by atoms with E-state index in [1.165, 1.54) is 51.0 Å². The van der Waals surface area contributed by atoms with E-state index in [1.54, 1.807) is 11.1 Å². The van der Waals surface area contributed by atoms with Crippen molar-refractivity contribution in [3.63, 3.8) is 0 Å². The molecule has 2 heterocycles. The maximum Gasteiger partial charge on any atom is 0.0236 e. The lowest BCUT2D eigenvalue weighted by Crippen LogP contribution is -2.47. The van der Waals surface area contributed by atoms with Gasteiger partial charge in [-0.3, -0.25) is 9.80 Å². The monoisotopic (exact) mass is 342 g/mol. The van der Waals surface area contributed by atoms with Crippen LogP contribution in [0.1, 0.15) is 71.1 Å². The van der Waals surface area contributed by atoms with Gasteiger partial charge >= 0.3 is 0 Å². The molecule has 25 heavy (non-hydrogen) atoms. The number of hydrogen-bond donors (Lipinski definition) is 0. The van der Waals surface area contributed by atoms with Gasteiger partial charge in [-0.15, -0.1) is 0 Å². The summed E-state index contributed by atoms with van der Waals surface area (Å²) in [4.78, 5) is 5.37. The molecule has 1 aromatic rings. The topological polar surface area (TPSA) is 6.48 Å². The molecule has 1 fully saturated rings. The summed E-state index contributed by atoms with van der Waals surface area (Å²) in [7, 11) is 0. The predicted molar refractivity (Wildman–Crippen MR) is 108 cm³/mol. The molecule has 0 N–H and O–H groups in total. The molecule has 2 heteroatoms. The molecule has 0 radical (unpaired) electrons. The third-order valence-electron chi connectivity index (χ3n) is 6.24. The second-order valence-electron chi connectivity index (χ2n) is 10.3. The summed E-state index contributed by atoms with van der Waals surface area (Å²) in [5, 5.41) is 0. The van der Waals surface area contributed by atoms with Crippen molar-refractivity contribution in [2.24, 2.45) is 5.92 Å². The van der Waals surface area contributed by atoms with Gasteiger partial charge in [-0.2, -0.15) is 0 Å². The Morgan fingerprint density at radius 2 is 1.60 bits per heavy atom. The van der Waals surface area contributed by atoms with Gasteiger partial charge in [-0.25, -0.2) is 0 Å². The molecule has 0 spiro atoms. The Morgan fingerprint density at radius 3 is 2.20 bits per heavy atom. The van der Waals surface area contributed by atoms with Crippen LogP contribution < -0.4 is 0 Å². The van der Waals surface area contributed by atoms with E-state index >= 15 is 0 Å². The zero-order chi connectivity index (χ0) is 18.2. The number of nitrogens with zero attached hydrogens (tertiary/aromatic N) is 2. The second kappa shape index (κ2) is 7.04. The third kappa shape index (κ3) is 4.65. The van der Waals surface area contributed by atoms with Crippen LogP contribution in [-0.4, -0.2) is 41.5 Å². The SMILES string of the molecule is CC(C)(C)c1ccc2c(c1)CN(CC1CCN(C(C)(C)C)CC1)CC2. The van der Waals surface area contributed by atoms with Crippen LogP contribution in [0, 0.1) is 5.92 Å². The first kappa shape index (κ1) is 18.9. The summed E-state index contributed by atoms with van der Waals surface area (Å²) >= 11 is 0. The van der Waals surface area contributed by atoms with Crippen molar-refractivity contribution in [2.45, 2.75) is 78.3 Å². The first-order valence-electron chi connectivity index (χ1n) is 10.2. The highest BCUT2D eigenvalue weighted by Gasteiger charge is 2.28. The zero-order valence-electron chi connectivity index (χ0n) is 17.4. The maximum absolute atomic E-state index is 2.71. The normalized spacial score (nSPS) is 21.4. The minimum atomic E-state index is 0.247. The molecule has 0 aromatic heterocycles. The van der Waals surface area contributed by atoms with Crippen molar-refractivity contribution in [3.8, 4) is 0 Å². The number of benzene rings is 1. The summed E-state index contributed by atoms with van der Waals surface area (Å²) in [6, 6.07) is 7.20. The van der Waals surface area contributed by atoms with Gasteiger partial charge in [0.05, 0.1) is 0 Å². The Hall–Kier alpha value is -0.860. The molecule has 0 atom stereocenters. The van der Waals surface area contributed by atoms with Crippen LogP contribution in [-0.2, 0) is 18.4 Å². The van der Waals surface area contributed by atoms with Gasteiger partial charge in [0.1, 0.15) is 0 Å². The molecule has 1 saturated heterocycles. The molecule has 0 aliphatic carbocycles. The summed E-state index contributed by atoms with van der Waals surface area (Å²) in [6.07, 6.45) is 3.95. The van der Waals surface area contributed by atoms with E-state index in [-0.39, 0.29) is 5.41 Å². The molecule has 3 rings (SSSR count). The van der Waals surface area contributed by atoms with E-state index in [2.05, 4.69) is 69.5 Å². The highest BCUT2D eigenvalue weighted by atomic mass is 15.2.